The maximum Gasteiger partial charge on any atom is 0.139 e. The molecule has 0 radical (unpaired) electrons. The third kappa shape index (κ3) is 3.89. The predicted molar refractivity (Wildman–Crippen MR) is 75.6 cm³/mol. The Morgan fingerprint density at radius 3 is 3.11 bits per heavy atom. The topological polar surface area (TPSA) is 47.0 Å². The second-order valence-electron chi connectivity index (χ2n) is 4.52. The summed E-state index contributed by atoms with van der Waals surface area (Å²) in [6.07, 6.45) is 5.82. The van der Waals surface area contributed by atoms with Crippen LogP contribution in [0.3, 0.4) is 0 Å². The summed E-state index contributed by atoms with van der Waals surface area (Å²) in [6.45, 7) is 1.30. The summed E-state index contributed by atoms with van der Waals surface area (Å²) in [5, 5.41) is 7.16. The third-order valence-corrected chi connectivity index (χ3v) is 3.89. The molecule has 0 atom stereocenters. The summed E-state index contributed by atoms with van der Waals surface area (Å²) in [7, 11) is 0. The Hall–Kier alpha value is -1.17. The lowest BCUT2D eigenvalue weighted by Crippen LogP contribution is -2.15. The highest BCUT2D eigenvalue weighted by Gasteiger charge is 2.20. The molecule has 6 heteroatoms. The smallest absolute Gasteiger partial charge is 0.139 e. The zero-order valence-corrected chi connectivity index (χ0v) is 11.9. The van der Waals surface area contributed by atoms with Gasteiger partial charge in [0.05, 0.1) is 16.9 Å². The van der Waals surface area contributed by atoms with E-state index in [2.05, 4.69) is 15.3 Å². The fourth-order valence-corrected chi connectivity index (χ4v) is 2.54. The molecule has 1 saturated carbocycles. The van der Waals surface area contributed by atoms with Gasteiger partial charge in [0, 0.05) is 30.2 Å². The Morgan fingerprint density at radius 1 is 1.42 bits per heavy atom. The molecule has 19 heavy (non-hydrogen) atoms. The third-order valence-electron chi connectivity index (χ3n) is 2.79. The number of thiazole rings is 1. The molecule has 2 aromatic heterocycles. The molecule has 0 unspecified atom stereocenters. The molecule has 2 heterocycles. The maximum absolute atomic E-state index is 5.84. The lowest BCUT2D eigenvalue weighted by molar-refractivity contribution is 0.300. The SMILES string of the molecule is Clc1cncc(OCc2csc(CNC3CC3)n2)c1. The number of hydrogen-bond acceptors (Lipinski definition) is 5. The summed E-state index contributed by atoms with van der Waals surface area (Å²) in [5.74, 6) is 0.665. The van der Waals surface area contributed by atoms with Gasteiger partial charge in [-0.25, -0.2) is 4.98 Å². The van der Waals surface area contributed by atoms with Crippen molar-refractivity contribution in [1.29, 1.82) is 0 Å². The van der Waals surface area contributed by atoms with Crippen LogP contribution < -0.4 is 10.1 Å². The van der Waals surface area contributed by atoms with Gasteiger partial charge in [-0.3, -0.25) is 4.98 Å². The largest absolute Gasteiger partial charge is 0.486 e. The molecule has 4 nitrogen and oxygen atoms in total. The van der Waals surface area contributed by atoms with Crippen LogP contribution in [0.1, 0.15) is 23.5 Å². The summed E-state index contributed by atoms with van der Waals surface area (Å²) < 4.78 is 5.60. The van der Waals surface area contributed by atoms with Crippen molar-refractivity contribution in [3.63, 3.8) is 0 Å². The van der Waals surface area contributed by atoms with Crippen LogP contribution in [0.2, 0.25) is 5.02 Å². The molecule has 1 fully saturated rings. The van der Waals surface area contributed by atoms with Crippen molar-refractivity contribution in [2.24, 2.45) is 0 Å². The van der Waals surface area contributed by atoms with E-state index in [4.69, 9.17) is 16.3 Å². The summed E-state index contributed by atoms with van der Waals surface area (Å²) in [4.78, 5) is 8.50. The zero-order valence-electron chi connectivity index (χ0n) is 10.3. The van der Waals surface area contributed by atoms with Crippen molar-refractivity contribution in [1.82, 2.24) is 15.3 Å². The molecule has 1 aliphatic carbocycles. The van der Waals surface area contributed by atoms with Gasteiger partial charge in [-0.15, -0.1) is 11.3 Å². The molecule has 3 rings (SSSR count). The molecule has 0 saturated heterocycles. The Balaban J connectivity index is 1.51. The highest BCUT2D eigenvalue weighted by atomic mass is 35.5. The lowest BCUT2D eigenvalue weighted by Gasteiger charge is -2.03. The number of pyridine rings is 1. The van der Waals surface area contributed by atoms with Gasteiger partial charge in [-0.05, 0) is 12.8 Å². The van der Waals surface area contributed by atoms with Gasteiger partial charge in [-0.2, -0.15) is 0 Å². The Kier molecular flexibility index (Phi) is 3.96. The first-order valence-corrected chi connectivity index (χ1v) is 7.45. The summed E-state index contributed by atoms with van der Waals surface area (Å²) in [6, 6.07) is 2.46. The standard InChI is InChI=1S/C13H14ClN3OS/c14-9-3-12(5-15-4-9)18-7-11-8-19-13(17-11)6-16-10-1-2-10/h3-5,8,10,16H,1-2,6-7H2. The van der Waals surface area contributed by atoms with E-state index in [9.17, 15) is 0 Å². The Morgan fingerprint density at radius 2 is 2.32 bits per heavy atom. The number of halogens is 1. The molecule has 0 amide bonds. The van der Waals surface area contributed by atoms with Crippen molar-refractivity contribution in [3.8, 4) is 5.75 Å². The van der Waals surface area contributed by atoms with Gasteiger partial charge in [0.1, 0.15) is 17.4 Å². The van der Waals surface area contributed by atoms with Crippen molar-refractivity contribution in [2.45, 2.75) is 32.0 Å². The molecule has 0 aliphatic heterocycles. The molecule has 1 aliphatic rings. The van der Waals surface area contributed by atoms with E-state index in [1.807, 2.05) is 5.38 Å². The fourth-order valence-electron chi connectivity index (χ4n) is 1.64. The van der Waals surface area contributed by atoms with Crippen LogP contribution in [-0.4, -0.2) is 16.0 Å². The maximum atomic E-state index is 5.84. The van der Waals surface area contributed by atoms with Crippen LogP contribution in [0.15, 0.2) is 23.8 Å². The first-order chi connectivity index (χ1) is 9.29. The van der Waals surface area contributed by atoms with E-state index in [0.717, 1.165) is 17.2 Å². The molecular weight excluding hydrogens is 282 g/mol. The van der Waals surface area contributed by atoms with Crippen LogP contribution in [0.5, 0.6) is 5.75 Å². The van der Waals surface area contributed by atoms with Gasteiger partial charge in [-0.1, -0.05) is 11.6 Å². The van der Waals surface area contributed by atoms with Gasteiger partial charge in [0.15, 0.2) is 0 Å². The Bertz CT molecular complexity index is 556. The number of aromatic nitrogens is 2. The lowest BCUT2D eigenvalue weighted by atomic mass is 10.4. The van der Waals surface area contributed by atoms with E-state index in [1.54, 1.807) is 29.8 Å². The number of nitrogens with one attached hydrogen (secondary N) is 1. The molecule has 1 N–H and O–H groups in total. The summed E-state index contributed by atoms with van der Waals surface area (Å²) in [5.41, 5.74) is 0.942. The molecular formula is C13H14ClN3OS. The second-order valence-corrected chi connectivity index (χ2v) is 5.89. The van der Waals surface area contributed by atoms with Crippen molar-refractivity contribution in [2.75, 3.05) is 0 Å². The van der Waals surface area contributed by atoms with Crippen LogP contribution in [0.4, 0.5) is 0 Å². The highest BCUT2D eigenvalue weighted by molar-refractivity contribution is 7.09. The van der Waals surface area contributed by atoms with Gasteiger partial charge < -0.3 is 10.1 Å². The number of hydrogen-bond donors (Lipinski definition) is 1. The molecule has 0 spiro atoms. The van der Waals surface area contributed by atoms with Crippen molar-refractivity contribution < 1.29 is 4.74 Å². The van der Waals surface area contributed by atoms with Crippen LogP contribution in [0.25, 0.3) is 0 Å². The van der Waals surface area contributed by atoms with Crippen LogP contribution >= 0.6 is 22.9 Å². The van der Waals surface area contributed by atoms with Gasteiger partial charge >= 0.3 is 0 Å². The fraction of sp³-hybridized carbons (Fsp3) is 0.385. The predicted octanol–water partition coefficient (Wildman–Crippen LogP) is 3.02. The minimum Gasteiger partial charge on any atom is -0.486 e. The van der Waals surface area contributed by atoms with E-state index in [-0.39, 0.29) is 0 Å². The van der Waals surface area contributed by atoms with Crippen LogP contribution in [-0.2, 0) is 13.2 Å². The van der Waals surface area contributed by atoms with Gasteiger partial charge in [0.25, 0.3) is 0 Å². The van der Waals surface area contributed by atoms with Gasteiger partial charge in [0.2, 0.25) is 0 Å². The van der Waals surface area contributed by atoms with E-state index >= 15 is 0 Å². The van der Waals surface area contributed by atoms with Crippen molar-refractivity contribution >= 4 is 22.9 Å². The second kappa shape index (κ2) is 5.86. The minimum atomic E-state index is 0.446. The van der Waals surface area contributed by atoms with Crippen molar-refractivity contribution in [3.05, 3.63) is 39.6 Å². The number of rotatable bonds is 6. The number of nitrogens with zero attached hydrogens (tertiary/aromatic N) is 2. The highest BCUT2D eigenvalue weighted by Crippen LogP contribution is 2.20. The minimum absolute atomic E-state index is 0.446. The summed E-state index contributed by atoms with van der Waals surface area (Å²) >= 11 is 7.51. The average Bonchev–Trinajstić information content (AvgIpc) is 3.13. The van der Waals surface area contributed by atoms with E-state index < -0.39 is 0 Å². The molecule has 0 aromatic carbocycles. The first kappa shape index (κ1) is 12.8. The molecule has 2 aromatic rings. The monoisotopic (exact) mass is 295 g/mol. The average molecular weight is 296 g/mol. The first-order valence-electron chi connectivity index (χ1n) is 6.19. The molecule has 0 bridgehead atoms. The Labute approximate surface area is 120 Å². The molecule has 100 valence electrons. The normalized spacial score (nSPS) is 14.6. The number of ether oxygens (including phenoxy) is 1. The quantitative estimate of drug-likeness (QED) is 0.890. The van der Waals surface area contributed by atoms with Crippen LogP contribution in [0, 0.1) is 0 Å². The van der Waals surface area contributed by atoms with E-state index in [0.29, 0.717) is 23.4 Å². The zero-order chi connectivity index (χ0) is 13.1. The van der Waals surface area contributed by atoms with E-state index in [1.165, 1.54) is 12.8 Å².